The summed E-state index contributed by atoms with van der Waals surface area (Å²) in [6, 6.07) is 0. The van der Waals surface area contributed by atoms with Crippen LogP contribution < -0.4 is 0 Å². The van der Waals surface area contributed by atoms with Crippen LogP contribution in [-0.2, 0) is 24.2 Å². The molecule has 27 heavy (non-hydrogen) atoms. The highest BCUT2D eigenvalue weighted by molar-refractivity contribution is 7.10. The Labute approximate surface area is 164 Å². The van der Waals surface area contributed by atoms with Crippen molar-refractivity contribution in [2.45, 2.75) is 39.8 Å². The van der Waals surface area contributed by atoms with Gasteiger partial charge in [-0.15, -0.1) is 11.3 Å². The Morgan fingerprint density at radius 3 is 3.00 bits per heavy atom. The van der Waals surface area contributed by atoms with E-state index in [9.17, 15) is 4.79 Å². The quantitative estimate of drug-likeness (QED) is 0.787. The summed E-state index contributed by atoms with van der Waals surface area (Å²) in [6.07, 6.45) is 1.97. The molecule has 4 rings (SSSR count). The van der Waals surface area contributed by atoms with Crippen molar-refractivity contribution < 1.29 is 14.1 Å². The zero-order valence-electron chi connectivity index (χ0n) is 16.3. The first-order valence-electron chi connectivity index (χ1n) is 9.59. The van der Waals surface area contributed by atoms with Gasteiger partial charge in [-0.25, -0.2) is 0 Å². The van der Waals surface area contributed by atoms with E-state index in [4.69, 9.17) is 9.26 Å². The number of nitrogens with zero attached hydrogens (tertiary/aromatic N) is 3. The first-order valence-corrected chi connectivity index (χ1v) is 10.5. The molecule has 0 aliphatic carbocycles. The number of carbonyl (C=O) groups excluding carboxylic acids is 1. The van der Waals surface area contributed by atoms with Gasteiger partial charge in [0, 0.05) is 61.6 Å². The van der Waals surface area contributed by atoms with E-state index in [1.807, 2.05) is 31.2 Å². The van der Waals surface area contributed by atoms with Crippen LogP contribution >= 0.6 is 11.3 Å². The summed E-state index contributed by atoms with van der Waals surface area (Å²) in [4.78, 5) is 18.6. The number of hydrogen-bond donors (Lipinski definition) is 0. The van der Waals surface area contributed by atoms with Gasteiger partial charge in [-0.2, -0.15) is 0 Å². The molecule has 2 aliphatic heterocycles. The fraction of sp³-hybridized carbons (Fsp3) is 0.600. The van der Waals surface area contributed by atoms with Crippen molar-refractivity contribution in [2.75, 3.05) is 33.4 Å². The minimum atomic E-state index is 0.151. The number of carbonyl (C=O) groups is 1. The predicted octanol–water partition coefficient (Wildman–Crippen LogP) is 3.02. The maximum absolute atomic E-state index is 13.0. The molecule has 1 saturated heterocycles. The van der Waals surface area contributed by atoms with E-state index in [-0.39, 0.29) is 5.91 Å². The first kappa shape index (κ1) is 18.7. The summed E-state index contributed by atoms with van der Waals surface area (Å²) in [5.41, 5.74) is 4.30. The van der Waals surface area contributed by atoms with Gasteiger partial charge in [0.25, 0.3) is 5.91 Å². The molecule has 0 aromatic carbocycles. The lowest BCUT2D eigenvalue weighted by molar-refractivity contribution is 0.0764. The summed E-state index contributed by atoms with van der Waals surface area (Å²) in [5, 5.41) is 6.11. The van der Waals surface area contributed by atoms with Gasteiger partial charge in [0.1, 0.15) is 5.76 Å². The molecular formula is C20H27N3O3S. The van der Waals surface area contributed by atoms with Gasteiger partial charge in [-0.3, -0.25) is 9.69 Å². The highest BCUT2D eigenvalue weighted by Crippen LogP contribution is 2.31. The number of fused-ring (bicyclic) bond motifs is 1. The van der Waals surface area contributed by atoms with Crippen LogP contribution in [0.15, 0.2) is 9.90 Å². The van der Waals surface area contributed by atoms with Gasteiger partial charge in [0.2, 0.25) is 0 Å². The molecule has 2 aromatic heterocycles. The van der Waals surface area contributed by atoms with Gasteiger partial charge in [-0.05, 0) is 32.3 Å². The minimum Gasteiger partial charge on any atom is -0.381 e. The van der Waals surface area contributed by atoms with Crippen LogP contribution in [0.4, 0.5) is 0 Å². The molecular weight excluding hydrogens is 362 g/mol. The number of aromatic nitrogens is 1. The summed E-state index contributed by atoms with van der Waals surface area (Å²) < 4.78 is 10.7. The van der Waals surface area contributed by atoms with Gasteiger partial charge < -0.3 is 14.2 Å². The Hall–Kier alpha value is -1.70. The summed E-state index contributed by atoms with van der Waals surface area (Å²) >= 11 is 1.71. The van der Waals surface area contributed by atoms with Crippen LogP contribution in [0.2, 0.25) is 0 Å². The topological polar surface area (TPSA) is 58.8 Å². The van der Waals surface area contributed by atoms with E-state index >= 15 is 0 Å². The average molecular weight is 390 g/mol. The standard InChI is InChI=1S/C20H27N3O3S/c1-13-17(14(2)26-21-13)9-23-6-4-16-18(12-27-19(16)10-23)20(24)22(3)8-15-5-7-25-11-15/h12,15H,4-11H2,1-3H3/t15-/m1/s1. The molecule has 2 aliphatic rings. The van der Waals surface area contributed by atoms with Crippen molar-refractivity contribution in [1.82, 2.24) is 15.0 Å². The maximum atomic E-state index is 13.0. The van der Waals surface area contributed by atoms with Crippen molar-refractivity contribution in [1.29, 1.82) is 0 Å². The second-order valence-electron chi connectivity index (χ2n) is 7.73. The molecule has 4 heterocycles. The molecule has 0 unspecified atom stereocenters. The molecule has 146 valence electrons. The van der Waals surface area contributed by atoms with Crippen molar-refractivity contribution in [2.24, 2.45) is 5.92 Å². The number of hydrogen-bond acceptors (Lipinski definition) is 6. The van der Waals surface area contributed by atoms with Crippen molar-refractivity contribution >= 4 is 17.2 Å². The molecule has 0 bridgehead atoms. The Balaban J connectivity index is 1.42. The highest BCUT2D eigenvalue weighted by Gasteiger charge is 2.27. The summed E-state index contributed by atoms with van der Waals surface area (Å²) in [6.45, 7) is 9.03. The molecule has 2 aromatic rings. The van der Waals surface area contributed by atoms with Gasteiger partial charge in [0.05, 0.1) is 17.9 Å². The van der Waals surface area contributed by atoms with Crippen LogP contribution in [0.3, 0.4) is 0 Å². The zero-order valence-corrected chi connectivity index (χ0v) is 17.1. The summed E-state index contributed by atoms with van der Waals surface area (Å²) in [5.74, 6) is 1.52. The molecule has 1 fully saturated rings. The molecule has 0 radical (unpaired) electrons. The summed E-state index contributed by atoms with van der Waals surface area (Å²) in [7, 11) is 1.91. The largest absolute Gasteiger partial charge is 0.381 e. The SMILES string of the molecule is Cc1noc(C)c1CN1CCc2c(C(=O)N(C)C[C@H]3CCOC3)csc2C1. The fourth-order valence-corrected chi connectivity index (χ4v) is 5.16. The third kappa shape index (κ3) is 3.81. The average Bonchev–Trinajstić information content (AvgIpc) is 3.38. The predicted molar refractivity (Wildman–Crippen MR) is 104 cm³/mol. The molecule has 6 nitrogen and oxygen atoms in total. The number of aryl methyl sites for hydroxylation is 2. The van der Waals surface area contributed by atoms with Crippen molar-refractivity contribution in [3.05, 3.63) is 38.4 Å². The first-order chi connectivity index (χ1) is 13.0. The Morgan fingerprint density at radius 1 is 1.44 bits per heavy atom. The van der Waals surface area contributed by atoms with E-state index in [1.54, 1.807) is 11.3 Å². The lowest BCUT2D eigenvalue weighted by Crippen LogP contribution is -2.34. The van der Waals surface area contributed by atoms with Crippen LogP contribution in [0, 0.1) is 19.8 Å². The lowest BCUT2D eigenvalue weighted by Gasteiger charge is -2.27. The Bertz CT molecular complexity index is 803. The molecule has 0 spiro atoms. The van der Waals surface area contributed by atoms with E-state index < -0.39 is 0 Å². The smallest absolute Gasteiger partial charge is 0.254 e. The maximum Gasteiger partial charge on any atom is 0.254 e. The number of rotatable bonds is 5. The van der Waals surface area contributed by atoms with Gasteiger partial charge in [-0.1, -0.05) is 5.16 Å². The highest BCUT2D eigenvalue weighted by atomic mass is 32.1. The third-order valence-electron chi connectivity index (χ3n) is 5.72. The molecule has 1 atom stereocenters. The zero-order chi connectivity index (χ0) is 19.0. The second-order valence-corrected chi connectivity index (χ2v) is 8.69. The molecule has 7 heteroatoms. The van der Waals surface area contributed by atoms with Crippen LogP contribution in [0.5, 0.6) is 0 Å². The van der Waals surface area contributed by atoms with Crippen molar-refractivity contribution in [3.63, 3.8) is 0 Å². The van der Waals surface area contributed by atoms with Crippen LogP contribution in [0.1, 0.15) is 44.2 Å². The Kier molecular flexibility index (Phi) is 5.34. The van der Waals surface area contributed by atoms with E-state index in [0.717, 1.165) is 69.3 Å². The van der Waals surface area contributed by atoms with Gasteiger partial charge in [0.15, 0.2) is 0 Å². The minimum absolute atomic E-state index is 0.151. The number of ether oxygens (including phenoxy) is 1. The lowest BCUT2D eigenvalue weighted by atomic mass is 10.0. The third-order valence-corrected chi connectivity index (χ3v) is 6.74. The monoisotopic (exact) mass is 389 g/mol. The van der Waals surface area contributed by atoms with Crippen LogP contribution in [-0.4, -0.2) is 54.2 Å². The number of thiophene rings is 1. The van der Waals surface area contributed by atoms with E-state index in [1.165, 1.54) is 16.0 Å². The Morgan fingerprint density at radius 2 is 2.30 bits per heavy atom. The van der Waals surface area contributed by atoms with E-state index in [0.29, 0.717) is 5.92 Å². The van der Waals surface area contributed by atoms with Crippen molar-refractivity contribution in [3.8, 4) is 0 Å². The second kappa shape index (κ2) is 7.73. The molecule has 1 amide bonds. The van der Waals surface area contributed by atoms with Gasteiger partial charge >= 0.3 is 0 Å². The molecule has 0 saturated carbocycles. The fourth-order valence-electron chi connectivity index (χ4n) is 4.05. The number of amides is 1. The van der Waals surface area contributed by atoms with E-state index in [2.05, 4.69) is 10.1 Å². The molecule has 0 N–H and O–H groups in total. The normalized spacial score (nSPS) is 20.0. The van der Waals surface area contributed by atoms with Crippen LogP contribution in [0.25, 0.3) is 0 Å².